The number of aromatic nitrogens is 1. The van der Waals surface area contributed by atoms with Crippen molar-refractivity contribution in [3.63, 3.8) is 0 Å². The molecule has 1 unspecified atom stereocenters. The summed E-state index contributed by atoms with van der Waals surface area (Å²) in [6, 6.07) is 0. The highest BCUT2D eigenvalue weighted by atomic mass is 32.1. The van der Waals surface area contributed by atoms with Crippen molar-refractivity contribution >= 4 is 28.3 Å². The first kappa shape index (κ1) is 14.5. The number of nitrogen functional groups attached to an aromatic ring is 1. The van der Waals surface area contributed by atoms with Crippen molar-refractivity contribution in [1.82, 2.24) is 9.69 Å². The highest BCUT2D eigenvalue weighted by Crippen LogP contribution is 2.26. The molecular formula is C11H18N4O2S. The SMILES string of the molecule is C=CCOC(C)CNc1snc(N)c1C(=O)NC. The Morgan fingerprint density at radius 3 is 3.06 bits per heavy atom. The van der Waals surface area contributed by atoms with Crippen LogP contribution in [0.5, 0.6) is 0 Å². The molecule has 0 saturated heterocycles. The van der Waals surface area contributed by atoms with Gasteiger partial charge in [-0.1, -0.05) is 6.08 Å². The Labute approximate surface area is 110 Å². The standard InChI is InChI=1S/C11H18N4O2S/c1-4-5-17-7(2)6-14-11-8(10(16)13-3)9(12)15-18-11/h4,7,14H,1,5-6H2,2-3H3,(H2,12,15)(H,13,16). The maximum atomic E-state index is 11.6. The molecule has 0 aliphatic heterocycles. The van der Waals surface area contributed by atoms with E-state index >= 15 is 0 Å². The van der Waals surface area contributed by atoms with E-state index in [4.69, 9.17) is 10.5 Å². The van der Waals surface area contributed by atoms with Crippen molar-refractivity contribution in [2.75, 3.05) is 31.2 Å². The summed E-state index contributed by atoms with van der Waals surface area (Å²) >= 11 is 1.16. The van der Waals surface area contributed by atoms with E-state index in [0.29, 0.717) is 23.7 Å². The fourth-order valence-electron chi connectivity index (χ4n) is 1.30. The molecule has 1 rings (SSSR count). The monoisotopic (exact) mass is 270 g/mol. The van der Waals surface area contributed by atoms with Crippen LogP contribution in [0.15, 0.2) is 12.7 Å². The number of carbonyl (C=O) groups excluding carboxylic acids is 1. The summed E-state index contributed by atoms with van der Waals surface area (Å²) in [7, 11) is 1.55. The molecule has 1 amide bonds. The van der Waals surface area contributed by atoms with Crippen molar-refractivity contribution in [3.8, 4) is 0 Å². The second kappa shape index (κ2) is 6.97. The molecule has 1 aromatic rings. The third-order valence-electron chi connectivity index (χ3n) is 2.22. The molecule has 0 aliphatic rings. The molecule has 0 saturated carbocycles. The summed E-state index contributed by atoms with van der Waals surface area (Å²) in [5, 5.41) is 6.30. The number of rotatable bonds is 7. The Balaban J connectivity index is 2.62. The molecule has 6 nitrogen and oxygen atoms in total. The van der Waals surface area contributed by atoms with Crippen LogP contribution in [0, 0.1) is 0 Å². The van der Waals surface area contributed by atoms with Crippen LogP contribution in [0.3, 0.4) is 0 Å². The smallest absolute Gasteiger partial charge is 0.257 e. The molecule has 0 spiro atoms. The number of nitrogens with two attached hydrogens (primary N) is 1. The third kappa shape index (κ3) is 3.71. The average Bonchev–Trinajstić information content (AvgIpc) is 2.74. The number of carbonyl (C=O) groups is 1. The van der Waals surface area contributed by atoms with Gasteiger partial charge in [-0.15, -0.1) is 6.58 Å². The minimum atomic E-state index is -0.247. The first-order valence-corrected chi connectivity index (χ1v) is 6.31. The number of hydrogen-bond acceptors (Lipinski definition) is 6. The van der Waals surface area contributed by atoms with Crippen LogP contribution in [0.25, 0.3) is 0 Å². The van der Waals surface area contributed by atoms with E-state index in [9.17, 15) is 4.79 Å². The Morgan fingerprint density at radius 2 is 2.44 bits per heavy atom. The van der Waals surface area contributed by atoms with Gasteiger partial charge in [0.15, 0.2) is 5.82 Å². The van der Waals surface area contributed by atoms with E-state index in [-0.39, 0.29) is 17.8 Å². The summed E-state index contributed by atoms with van der Waals surface area (Å²) in [5.74, 6) is -0.00933. The predicted octanol–water partition coefficient (Wildman–Crippen LogP) is 1.09. The summed E-state index contributed by atoms with van der Waals surface area (Å²) in [6.07, 6.45) is 1.70. The summed E-state index contributed by atoms with van der Waals surface area (Å²) in [4.78, 5) is 11.6. The largest absolute Gasteiger partial charge is 0.382 e. The lowest BCUT2D eigenvalue weighted by Gasteiger charge is -2.13. The topological polar surface area (TPSA) is 89.3 Å². The fraction of sp³-hybridized carbons (Fsp3) is 0.455. The van der Waals surface area contributed by atoms with Crippen LogP contribution >= 0.6 is 11.5 Å². The van der Waals surface area contributed by atoms with Crippen LogP contribution < -0.4 is 16.4 Å². The van der Waals surface area contributed by atoms with Crippen LogP contribution in [-0.4, -0.2) is 36.6 Å². The summed E-state index contributed by atoms with van der Waals surface area (Å²) in [5.41, 5.74) is 6.05. The number of nitrogens with one attached hydrogen (secondary N) is 2. The minimum absolute atomic E-state index is 0.00358. The molecule has 0 aromatic carbocycles. The second-order valence-electron chi connectivity index (χ2n) is 3.66. The van der Waals surface area contributed by atoms with Gasteiger partial charge in [-0.2, -0.15) is 4.37 Å². The van der Waals surface area contributed by atoms with Gasteiger partial charge in [0.05, 0.1) is 12.7 Å². The summed E-state index contributed by atoms with van der Waals surface area (Å²) in [6.45, 7) is 6.58. The molecule has 4 N–H and O–H groups in total. The van der Waals surface area contributed by atoms with E-state index < -0.39 is 0 Å². The Morgan fingerprint density at radius 1 is 1.72 bits per heavy atom. The Bertz CT molecular complexity index is 419. The maximum absolute atomic E-state index is 11.6. The summed E-state index contributed by atoms with van der Waals surface area (Å²) < 4.78 is 9.38. The molecule has 18 heavy (non-hydrogen) atoms. The molecule has 0 aliphatic carbocycles. The molecule has 1 aromatic heterocycles. The highest BCUT2D eigenvalue weighted by Gasteiger charge is 2.18. The maximum Gasteiger partial charge on any atom is 0.257 e. The lowest BCUT2D eigenvalue weighted by Crippen LogP contribution is -2.23. The van der Waals surface area contributed by atoms with E-state index in [2.05, 4.69) is 21.6 Å². The zero-order valence-corrected chi connectivity index (χ0v) is 11.3. The van der Waals surface area contributed by atoms with E-state index in [1.54, 1.807) is 13.1 Å². The molecule has 0 bridgehead atoms. The molecule has 0 radical (unpaired) electrons. The molecule has 1 atom stereocenters. The van der Waals surface area contributed by atoms with Gasteiger partial charge in [0.1, 0.15) is 10.6 Å². The van der Waals surface area contributed by atoms with Gasteiger partial charge in [0, 0.05) is 13.6 Å². The van der Waals surface area contributed by atoms with Crippen LogP contribution in [0.4, 0.5) is 10.8 Å². The van der Waals surface area contributed by atoms with Gasteiger partial charge in [-0.05, 0) is 18.5 Å². The van der Waals surface area contributed by atoms with E-state index in [1.165, 1.54) is 0 Å². The van der Waals surface area contributed by atoms with E-state index in [1.807, 2.05) is 6.92 Å². The van der Waals surface area contributed by atoms with Crippen LogP contribution in [-0.2, 0) is 4.74 Å². The fourth-order valence-corrected chi connectivity index (χ4v) is 2.01. The number of ether oxygens (including phenoxy) is 1. The zero-order chi connectivity index (χ0) is 13.5. The number of anilines is 2. The third-order valence-corrected chi connectivity index (χ3v) is 3.04. The molecular weight excluding hydrogens is 252 g/mol. The number of amides is 1. The van der Waals surface area contributed by atoms with Crippen molar-refractivity contribution in [2.45, 2.75) is 13.0 Å². The number of hydrogen-bond donors (Lipinski definition) is 3. The van der Waals surface area contributed by atoms with Gasteiger partial charge in [0.25, 0.3) is 5.91 Å². The molecule has 0 fully saturated rings. The normalized spacial score (nSPS) is 11.9. The first-order chi connectivity index (χ1) is 8.60. The number of nitrogens with zero attached hydrogens (tertiary/aromatic N) is 1. The minimum Gasteiger partial charge on any atom is -0.382 e. The van der Waals surface area contributed by atoms with Crippen molar-refractivity contribution in [3.05, 3.63) is 18.2 Å². The second-order valence-corrected chi connectivity index (χ2v) is 4.44. The van der Waals surface area contributed by atoms with Crippen molar-refractivity contribution in [1.29, 1.82) is 0 Å². The van der Waals surface area contributed by atoms with Gasteiger partial charge < -0.3 is 21.1 Å². The quantitative estimate of drug-likeness (QED) is 0.645. The Hall–Kier alpha value is -1.60. The van der Waals surface area contributed by atoms with Crippen LogP contribution in [0.2, 0.25) is 0 Å². The van der Waals surface area contributed by atoms with Gasteiger partial charge in [-0.3, -0.25) is 4.79 Å². The van der Waals surface area contributed by atoms with E-state index in [0.717, 1.165) is 11.5 Å². The lowest BCUT2D eigenvalue weighted by atomic mass is 10.3. The first-order valence-electron chi connectivity index (χ1n) is 5.53. The predicted molar refractivity (Wildman–Crippen MR) is 74.0 cm³/mol. The lowest BCUT2D eigenvalue weighted by molar-refractivity contribution is 0.0958. The van der Waals surface area contributed by atoms with Gasteiger partial charge >= 0.3 is 0 Å². The van der Waals surface area contributed by atoms with Crippen molar-refractivity contribution in [2.24, 2.45) is 0 Å². The van der Waals surface area contributed by atoms with Gasteiger partial charge in [-0.25, -0.2) is 0 Å². The molecule has 100 valence electrons. The molecule has 1 heterocycles. The highest BCUT2D eigenvalue weighted by molar-refractivity contribution is 7.11. The Kier molecular flexibility index (Phi) is 5.60. The van der Waals surface area contributed by atoms with Crippen molar-refractivity contribution < 1.29 is 9.53 Å². The zero-order valence-electron chi connectivity index (χ0n) is 10.5. The van der Waals surface area contributed by atoms with Crippen LogP contribution in [0.1, 0.15) is 17.3 Å². The van der Waals surface area contributed by atoms with Gasteiger partial charge in [0.2, 0.25) is 0 Å². The molecule has 7 heteroatoms. The average molecular weight is 270 g/mol.